The third-order valence-corrected chi connectivity index (χ3v) is 5.00. The molecule has 0 aromatic carbocycles. The molecule has 0 bridgehead atoms. The summed E-state index contributed by atoms with van der Waals surface area (Å²) in [6.45, 7) is 14.7. The Balaban J connectivity index is 0. The molecule has 23 heavy (non-hydrogen) atoms. The molecule has 4 heteroatoms. The van der Waals surface area contributed by atoms with E-state index in [2.05, 4.69) is 27.7 Å². The quantitative estimate of drug-likeness (QED) is 0.303. The molecule has 0 amide bonds. The van der Waals surface area contributed by atoms with Gasteiger partial charge in [-0.1, -0.05) is 58.3 Å². The fourth-order valence-corrected chi connectivity index (χ4v) is 3.08. The minimum Gasteiger partial charge on any atom is -0.450 e. The van der Waals surface area contributed by atoms with Crippen LogP contribution in [0.15, 0.2) is 0 Å². The van der Waals surface area contributed by atoms with E-state index in [-0.39, 0.29) is 0 Å². The van der Waals surface area contributed by atoms with Gasteiger partial charge in [0.1, 0.15) is 0 Å². The van der Waals surface area contributed by atoms with Crippen molar-refractivity contribution in [2.75, 3.05) is 26.2 Å². The zero-order valence-electron chi connectivity index (χ0n) is 16.1. The average Bonchev–Trinajstić information content (AvgIpc) is 2.53. The van der Waals surface area contributed by atoms with Crippen LogP contribution in [0, 0.1) is 0 Å². The summed E-state index contributed by atoms with van der Waals surface area (Å²) in [6.07, 6.45) is 12.7. The Kier molecular flexibility index (Phi) is 18.7. The number of hydrogen-bond acceptors (Lipinski definition) is 1. The van der Waals surface area contributed by atoms with Crippen LogP contribution in [-0.2, 0) is 0 Å². The Bertz CT molecular complexity index is 241. The lowest BCUT2D eigenvalue weighted by atomic mass is 10.1. The van der Waals surface area contributed by atoms with E-state index in [9.17, 15) is 0 Å². The summed E-state index contributed by atoms with van der Waals surface area (Å²) in [5, 5.41) is 13.9. The fourth-order valence-electron chi connectivity index (χ4n) is 3.08. The average molecular weight is 333 g/mol. The lowest BCUT2D eigenvalue weighted by Crippen LogP contribution is -2.48. The Morgan fingerprint density at radius 3 is 1.26 bits per heavy atom. The smallest absolute Gasteiger partial charge is 0.450 e. The van der Waals surface area contributed by atoms with Gasteiger partial charge in [0.25, 0.3) is 0 Å². The summed E-state index contributed by atoms with van der Waals surface area (Å²) in [5.74, 6) is 0. The van der Waals surface area contributed by atoms with E-state index in [0.29, 0.717) is 0 Å². The van der Waals surface area contributed by atoms with Gasteiger partial charge in [0.2, 0.25) is 0 Å². The summed E-state index contributed by atoms with van der Waals surface area (Å²) < 4.78 is 1.33. The first-order valence-electron chi connectivity index (χ1n) is 9.74. The number of quaternary nitrogens is 1. The van der Waals surface area contributed by atoms with Crippen LogP contribution in [-0.4, -0.2) is 47.0 Å². The van der Waals surface area contributed by atoms with E-state index in [1.807, 2.05) is 0 Å². The standard InChI is InChI=1S/C18H40N.CH2O3/c1-5-9-10-11-12-13-14-15-16-17-18-19(6-2,7-3)8-4;2-1(3)4/h5-18H2,1-4H3;(H2,2,3,4)/q+1;. The van der Waals surface area contributed by atoms with Gasteiger partial charge in [0, 0.05) is 0 Å². The highest BCUT2D eigenvalue weighted by molar-refractivity contribution is 5.53. The van der Waals surface area contributed by atoms with Crippen molar-refractivity contribution < 1.29 is 19.5 Å². The van der Waals surface area contributed by atoms with Crippen LogP contribution < -0.4 is 0 Å². The predicted octanol–water partition coefficient (Wildman–Crippen LogP) is 6.01. The molecule has 140 valence electrons. The van der Waals surface area contributed by atoms with Gasteiger partial charge in [0.05, 0.1) is 26.2 Å². The fraction of sp³-hybridized carbons (Fsp3) is 0.947. The molecule has 0 aromatic rings. The minimum absolute atomic E-state index is 1.31. The van der Waals surface area contributed by atoms with E-state index in [0.717, 1.165) is 0 Å². The molecule has 0 spiro atoms. The van der Waals surface area contributed by atoms with Crippen LogP contribution in [0.25, 0.3) is 0 Å². The highest BCUT2D eigenvalue weighted by Crippen LogP contribution is 2.13. The second-order valence-electron chi connectivity index (χ2n) is 6.48. The molecule has 0 fully saturated rings. The summed E-state index contributed by atoms with van der Waals surface area (Å²) in [7, 11) is 0. The monoisotopic (exact) mass is 332 g/mol. The Labute approximate surface area is 144 Å². The van der Waals surface area contributed by atoms with Crippen molar-refractivity contribution in [3.63, 3.8) is 0 Å². The van der Waals surface area contributed by atoms with Crippen LogP contribution in [0.4, 0.5) is 4.79 Å². The zero-order valence-corrected chi connectivity index (χ0v) is 16.1. The maximum atomic E-state index is 8.56. The van der Waals surface area contributed by atoms with Crippen molar-refractivity contribution in [1.29, 1.82) is 0 Å². The topological polar surface area (TPSA) is 57.5 Å². The summed E-state index contributed by atoms with van der Waals surface area (Å²) >= 11 is 0. The molecule has 0 saturated heterocycles. The van der Waals surface area contributed by atoms with Crippen molar-refractivity contribution in [2.24, 2.45) is 0 Å². The van der Waals surface area contributed by atoms with Crippen molar-refractivity contribution in [1.82, 2.24) is 0 Å². The summed E-state index contributed by atoms with van der Waals surface area (Å²) in [4.78, 5) is 8.56. The molecule has 0 aliphatic rings. The first kappa shape index (κ1) is 24.5. The Morgan fingerprint density at radius 1 is 0.652 bits per heavy atom. The second kappa shape index (κ2) is 17.6. The number of unbranched alkanes of at least 4 members (excludes halogenated alkanes) is 9. The highest BCUT2D eigenvalue weighted by Gasteiger charge is 2.19. The molecule has 0 aliphatic heterocycles. The SMILES string of the molecule is CCCCCCCCCCCC[N+](CC)(CC)CC.O=C(O)O. The molecule has 0 aliphatic carbocycles. The Hall–Kier alpha value is -0.770. The second-order valence-corrected chi connectivity index (χ2v) is 6.48. The molecular formula is C19H42NO3+. The van der Waals surface area contributed by atoms with Gasteiger partial charge in [-0.2, -0.15) is 0 Å². The number of nitrogens with zero attached hydrogens (tertiary/aromatic N) is 1. The lowest BCUT2D eigenvalue weighted by Gasteiger charge is -2.35. The van der Waals surface area contributed by atoms with E-state index in [1.54, 1.807) is 0 Å². The molecule has 0 radical (unpaired) electrons. The zero-order chi connectivity index (χ0) is 18.0. The first-order chi connectivity index (χ1) is 11.0. The van der Waals surface area contributed by atoms with Crippen molar-refractivity contribution in [3.05, 3.63) is 0 Å². The maximum absolute atomic E-state index is 8.56. The van der Waals surface area contributed by atoms with Crippen LogP contribution in [0.1, 0.15) is 91.9 Å². The van der Waals surface area contributed by atoms with Crippen LogP contribution >= 0.6 is 0 Å². The molecule has 0 rings (SSSR count). The number of carboxylic acid groups (broad SMARTS) is 2. The molecule has 4 nitrogen and oxygen atoms in total. The van der Waals surface area contributed by atoms with Crippen molar-refractivity contribution in [3.8, 4) is 0 Å². The normalized spacial score (nSPS) is 11.0. The summed E-state index contributed by atoms with van der Waals surface area (Å²) in [6, 6.07) is 0. The Morgan fingerprint density at radius 2 is 0.957 bits per heavy atom. The van der Waals surface area contributed by atoms with Crippen LogP contribution in [0.2, 0.25) is 0 Å². The van der Waals surface area contributed by atoms with Gasteiger partial charge in [0.15, 0.2) is 0 Å². The number of hydrogen-bond donors (Lipinski definition) is 2. The molecular weight excluding hydrogens is 290 g/mol. The van der Waals surface area contributed by atoms with Gasteiger partial charge in [-0.3, -0.25) is 0 Å². The number of rotatable bonds is 14. The molecule has 0 heterocycles. The van der Waals surface area contributed by atoms with E-state index >= 15 is 0 Å². The molecule has 0 aromatic heterocycles. The van der Waals surface area contributed by atoms with Crippen LogP contribution in [0.5, 0.6) is 0 Å². The summed E-state index contributed by atoms with van der Waals surface area (Å²) in [5.41, 5.74) is 0. The van der Waals surface area contributed by atoms with Gasteiger partial charge < -0.3 is 14.7 Å². The van der Waals surface area contributed by atoms with Crippen LogP contribution in [0.3, 0.4) is 0 Å². The van der Waals surface area contributed by atoms with Gasteiger partial charge in [-0.25, -0.2) is 4.79 Å². The van der Waals surface area contributed by atoms with Gasteiger partial charge in [-0.15, -0.1) is 0 Å². The lowest BCUT2D eigenvalue weighted by molar-refractivity contribution is -0.923. The predicted molar refractivity (Wildman–Crippen MR) is 99.2 cm³/mol. The number of carbonyl (C=O) groups is 1. The largest absolute Gasteiger partial charge is 0.503 e. The van der Waals surface area contributed by atoms with Crippen molar-refractivity contribution >= 4 is 6.16 Å². The van der Waals surface area contributed by atoms with E-state index in [1.165, 1.54) is 94.9 Å². The first-order valence-corrected chi connectivity index (χ1v) is 9.74. The molecule has 2 N–H and O–H groups in total. The maximum Gasteiger partial charge on any atom is 0.503 e. The van der Waals surface area contributed by atoms with E-state index in [4.69, 9.17) is 15.0 Å². The molecule has 0 saturated carbocycles. The van der Waals surface area contributed by atoms with Gasteiger partial charge >= 0.3 is 6.16 Å². The third-order valence-electron chi connectivity index (χ3n) is 5.00. The minimum atomic E-state index is -1.83. The molecule has 0 unspecified atom stereocenters. The van der Waals surface area contributed by atoms with Crippen molar-refractivity contribution in [2.45, 2.75) is 91.9 Å². The molecule has 0 atom stereocenters. The van der Waals surface area contributed by atoms with Gasteiger partial charge in [-0.05, 0) is 33.6 Å². The highest BCUT2D eigenvalue weighted by atomic mass is 16.6. The third kappa shape index (κ3) is 17.4. The van der Waals surface area contributed by atoms with E-state index < -0.39 is 6.16 Å².